The van der Waals surface area contributed by atoms with E-state index < -0.39 is 17.6 Å². The summed E-state index contributed by atoms with van der Waals surface area (Å²) in [5, 5.41) is 2.96. The van der Waals surface area contributed by atoms with Crippen LogP contribution in [0.4, 0.5) is 14.5 Å². The average molecular weight is 227 g/mol. The van der Waals surface area contributed by atoms with E-state index in [0.717, 1.165) is 25.0 Å². The first-order valence-corrected chi connectivity index (χ1v) is 4.95. The minimum absolute atomic E-state index is 0.0216. The van der Waals surface area contributed by atoms with E-state index in [1.54, 1.807) is 0 Å². The summed E-state index contributed by atoms with van der Waals surface area (Å²) in [7, 11) is 1.20. The standard InChI is InChI=1S/C11H11F2NO2/c1-16-11(15)7-4-8(12)9(13)5-10(7)14-6-2-3-6/h4-6,14H,2-3H2,1H3. The Morgan fingerprint density at radius 3 is 2.56 bits per heavy atom. The van der Waals surface area contributed by atoms with E-state index in [9.17, 15) is 13.6 Å². The Kier molecular flexibility index (Phi) is 2.77. The van der Waals surface area contributed by atoms with E-state index >= 15 is 0 Å². The summed E-state index contributed by atoms with van der Waals surface area (Å²) in [5.41, 5.74) is 0.307. The fourth-order valence-corrected chi connectivity index (χ4v) is 1.39. The first kappa shape index (κ1) is 10.9. The SMILES string of the molecule is COC(=O)c1cc(F)c(F)cc1NC1CC1. The molecule has 1 saturated carbocycles. The van der Waals surface area contributed by atoms with E-state index in [-0.39, 0.29) is 17.3 Å². The highest BCUT2D eigenvalue weighted by Crippen LogP contribution is 2.28. The average Bonchev–Trinajstić information content (AvgIpc) is 3.06. The fourth-order valence-electron chi connectivity index (χ4n) is 1.39. The molecule has 1 fully saturated rings. The number of methoxy groups -OCH3 is 1. The van der Waals surface area contributed by atoms with Gasteiger partial charge in [0.15, 0.2) is 11.6 Å². The molecule has 0 radical (unpaired) electrons. The van der Waals surface area contributed by atoms with Crippen LogP contribution in [0, 0.1) is 11.6 Å². The van der Waals surface area contributed by atoms with Gasteiger partial charge in [-0.2, -0.15) is 0 Å². The number of halogens is 2. The Bertz CT molecular complexity index is 430. The monoisotopic (exact) mass is 227 g/mol. The smallest absolute Gasteiger partial charge is 0.340 e. The van der Waals surface area contributed by atoms with Crippen molar-refractivity contribution in [1.82, 2.24) is 0 Å². The molecular formula is C11H11F2NO2. The molecule has 3 nitrogen and oxygen atoms in total. The van der Waals surface area contributed by atoms with Crippen LogP contribution >= 0.6 is 0 Å². The van der Waals surface area contributed by atoms with Crippen molar-refractivity contribution in [3.05, 3.63) is 29.3 Å². The van der Waals surface area contributed by atoms with Crippen molar-refractivity contribution in [2.45, 2.75) is 18.9 Å². The van der Waals surface area contributed by atoms with Gasteiger partial charge in [-0.05, 0) is 18.9 Å². The second kappa shape index (κ2) is 4.08. The van der Waals surface area contributed by atoms with Crippen LogP contribution in [0.25, 0.3) is 0 Å². The Morgan fingerprint density at radius 2 is 2.00 bits per heavy atom. The molecule has 1 aliphatic carbocycles. The number of carbonyl (C=O) groups excluding carboxylic acids is 1. The lowest BCUT2D eigenvalue weighted by Crippen LogP contribution is -2.11. The maximum Gasteiger partial charge on any atom is 0.340 e. The number of carbonyl (C=O) groups is 1. The third kappa shape index (κ3) is 2.13. The minimum Gasteiger partial charge on any atom is -0.465 e. The van der Waals surface area contributed by atoms with Gasteiger partial charge in [0.25, 0.3) is 0 Å². The molecule has 1 N–H and O–H groups in total. The van der Waals surface area contributed by atoms with Crippen LogP contribution in [0.2, 0.25) is 0 Å². The predicted octanol–water partition coefficient (Wildman–Crippen LogP) is 2.33. The van der Waals surface area contributed by atoms with Crippen LogP contribution in [0.1, 0.15) is 23.2 Å². The zero-order valence-electron chi connectivity index (χ0n) is 8.72. The van der Waals surface area contributed by atoms with Crippen LogP contribution in [0.5, 0.6) is 0 Å². The summed E-state index contributed by atoms with van der Waals surface area (Å²) >= 11 is 0. The Labute approximate surface area is 91.4 Å². The van der Waals surface area contributed by atoms with Gasteiger partial charge in [0.1, 0.15) is 0 Å². The summed E-state index contributed by atoms with van der Waals surface area (Å²) in [4.78, 5) is 11.3. The Balaban J connectivity index is 2.37. The van der Waals surface area contributed by atoms with Gasteiger partial charge in [-0.15, -0.1) is 0 Å². The molecule has 0 bridgehead atoms. The molecule has 0 atom stereocenters. The molecule has 2 rings (SSSR count). The highest BCUT2D eigenvalue weighted by molar-refractivity contribution is 5.95. The molecule has 0 unspecified atom stereocenters. The van der Waals surface area contributed by atoms with Crippen molar-refractivity contribution in [2.24, 2.45) is 0 Å². The number of esters is 1. The van der Waals surface area contributed by atoms with E-state index in [0.29, 0.717) is 0 Å². The number of benzene rings is 1. The third-order valence-corrected chi connectivity index (χ3v) is 2.40. The molecule has 0 saturated heterocycles. The van der Waals surface area contributed by atoms with Gasteiger partial charge < -0.3 is 10.1 Å². The third-order valence-electron chi connectivity index (χ3n) is 2.40. The van der Waals surface area contributed by atoms with Crippen LogP contribution < -0.4 is 5.32 Å². The number of anilines is 1. The molecule has 1 aromatic carbocycles. The van der Waals surface area contributed by atoms with E-state index in [4.69, 9.17) is 0 Å². The summed E-state index contributed by atoms with van der Waals surface area (Å²) < 4.78 is 30.5. The van der Waals surface area contributed by atoms with Gasteiger partial charge in [-0.25, -0.2) is 13.6 Å². The van der Waals surface area contributed by atoms with E-state index in [1.807, 2.05) is 0 Å². The number of nitrogens with one attached hydrogen (secondary N) is 1. The normalized spacial score (nSPS) is 14.7. The quantitative estimate of drug-likeness (QED) is 0.805. The molecule has 0 heterocycles. The van der Waals surface area contributed by atoms with Crippen LogP contribution in [-0.2, 0) is 4.74 Å². The fraction of sp³-hybridized carbons (Fsp3) is 0.364. The molecule has 16 heavy (non-hydrogen) atoms. The van der Waals surface area contributed by atoms with Gasteiger partial charge in [0.2, 0.25) is 0 Å². The number of ether oxygens (including phenoxy) is 1. The van der Waals surface area contributed by atoms with Crippen molar-refractivity contribution in [2.75, 3.05) is 12.4 Å². The molecular weight excluding hydrogens is 216 g/mol. The van der Waals surface area contributed by atoms with Crippen LogP contribution in [-0.4, -0.2) is 19.1 Å². The van der Waals surface area contributed by atoms with E-state index in [2.05, 4.69) is 10.1 Å². The summed E-state index contributed by atoms with van der Waals surface area (Å²) in [6.45, 7) is 0. The molecule has 0 aromatic heterocycles. The lowest BCUT2D eigenvalue weighted by Gasteiger charge is -2.10. The lowest BCUT2D eigenvalue weighted by molar-refractivity contribution is 0.0601. The molecule has 0 aliphatic heterocycles. The number of hydrogen-bond donors (Lipinski definition) is 1. The molecule has 1 aromatic rings. The van der Waals surface area contributed by atoms with Crippen LogP contribution in [0.3, 0.4) is 0 Å². The Hall–Kier alpha value is -1.65. The molecule has 1 aliphatic rings. The molecule has 5 heteroatoms. The maximum atomic E-state index is 13.0. The lowest BCUT2D eigenvalue weighted by atomic mass is 10.1. The van der Waals surface area contributed by atoms with Gasteiger partial charge >= 0.3 is 5.97 Å². The topological polar surface area (TPSA) is 38.3 Å². The minimum atomic E-state index is -1.05. The zero-order chi connectivity index (χ0) is 11.7. The molecule has 0 amide bonds. The van der Waals surface area contributed by atoms with Crippen molar-refractivity contribution < 1.29 is 18.3 Å². The van der Waals surface area contributed by atoms with Gasteiger partial charge in [-0.1, -0.05) is 0 Å². The van der Waals surface area contributed by atoms with E-state index in [1.165, 1.54) is 7.11 Å². The highest BCUT2D eigenvalue weighted by Gasteiger charge is 2.24. The maximum absolute atomic E-state index is 13.0. The van der Waals surface area contributed by atoms with Gasteiger partial charge in [0.05, 0.1) is 18.4 Å². The largest absolute Gasteiger partial charge is 0.465 e. The van der Waals surface area contributed by atoms with Crippen molar-refractivity contribution in [1.29, 1.82) is 0 Å². The Morgan fingerprint density at radius 1 is 1.38 bits per heavy atom. The summed E-state index contributed by atoms with van der Waals surface area (Å²) in [6, 6.07) is 2.08. The molecule has 0 spiro atoms. The first-order valence-electron chi connectivity index (χ1n) is 4.95. The summed E-state index contributed by atoms with van der Waals surface area (Å²) in [6.07, 6.45) is 1.94. The highest BCUT2D eigenvalue weighted by atomic mass is 19.2. The second-order valence-corrected chi connectivity index (χ2v) is 3.72. The molecule has 86 valence electrons. The van der Waals surface area contributed by atoms with Crippen molar-refractivity contribution in [3.8, 4) is 0 Å². The second-order valence-electron chi connectivity index (χ2n) is 3.72. The van der Waals surface area contributed by atoms with Gasteiger partial charge in [-0.3, -0.25) is 0 Å². The number of hydrogen-bond acceptors (Lipinski definition) is 3. The zero-order valence-corrected chi connectivity index (χ0v) is 8.72. The number of rotatable bonds is 3. The van der Waals surface area contributed by atoms with Crippen molar-refractivity contribution in [3.63, 3.8) is 0 Å². The first-order chi connectivity index (χ1) is 7.61. The predicted molar refractivity (Wildman–Crippen MR) is 54.3 cm³/mol. The summed E-state index contributed by atoms with van der Waals surface area (Å²) in [5.74, 6) is -2.71. The van der Waals surface area contributed by atoms with Crippen LogP contribution in [0.15, 0.2) is 12.1 Å². The van der Waals surface area contributed by atoms with Crippen molar-refractivity contribution >= 4 is 11.7 Å². The van der Waals surface area contributed by atoms with Gasteiger partial charge in [0, 0.05) is 12.1 Å².